The Morgan fingerprint density at radius 3 is 2.73 bits per heavy atom. The molecule has 1 fully saturated rings. The molecule has 0 aliphatic carbocycles. The number of ether oxygens (including phenoxy) is 3. The summed E-state index contributed by atoms with van der Waals surface area (Å²) in [6.45, 7) is 2.80. The molecule has 0 aromatic heterocycles. The number of halogens is 1. The van der Waals surface area contributed by atoms with E-state index in [2.05, 4.69) is 21.2 Å². The number of esters is 1. The zero-order valence-corrected chi connectivity index (χ0v) is 18.4. The quantitative estimate of drug-likeness (QED) is 0.617. The molecule has 0 saturated carbocycles. The van der Waals surface area contributed by atoms with Gasteiger partial charge in [-0.2, -0.15) is 0 Å². The smallest absolute Gasteiger partial charge is 0.410 e. The fourth-order valence-electron chi connectivity index (χ4n) is 3.15. The predicted molar refractivity (Wildman–Crippen MR) is 115 cm³/mol. The number of hydrogen-bond acceptors (Lipinski definition) is 6. The van der Waals surface area contributed by atoms with Crippen LogP contribution in [0.5, 0.6) is 0 Å². The van der Waals surface area contributed by atoms with E-state index in [1.807, 2.05) is 30.3 Å². The van der Waals surface area contributed by atoms with Crippen molar-refractivity contribution in [3.63, 3.8) is 0 Å². The fraction of sp³-hybridized carbons (Fsp3) is 0.364. The van der Waals surface area contributed by atoms with Gasteiger partial charge in [0.05, 0.1) is 25.9 Å². The molecule has 1 saturated heterocycles. The SMILES string of the molecule is COC(=O)c1ccc(Br)c(COCC2CN(C(=O)OCc3ccccc3)CCN2)c1. The summed E-state index contributed by atoms with van der Waals surface area (Å²) in [7, 11) is 1.35. The number of carbonyl (C=O) groups is 2. The van der Waals surface area contributed by atoms with Crippen LogP contribution in [0.2, 0.25) is 0 Å². The van der Waals surface area contributed by atoms with Crippen LogP contribution in [0.3, 0.4) is 0 Å². The highest BCUT2D eigenvalue weighted by Gasteiger charge is 2.24. The zero-order chi connectivity index (χ0) is 21.3. The molecule has 1 atom stereocenters. The molecule has 0 radical (unpaired) electrons. The summed E-state index contributed by atoms with van der Waals surface area (Å²) in [5.74, 6) is -0.387. The normalized spacial score (nSPS) is 16.2. The molecule has 2 aromatic rings. The first-order valence-corrected chi connectivity index (χ1v) is 10.5. The number of nitrogens with zero attached hydrogens (tertiary/aromatic N) is 1. The molecule has 160 valence electrons. The highest BCUT2D eigenvalue weighted by molar-refractivity contribution is 9.10. The van der Waals surface area contributed by atoms with E-state index in [0.717, 1.165) is 15.6 Å². The lowest BCUT2D eigenvalue weighted by molar-refractivity contribution is 0.0557. The summed E-state index contributed by atoms with van der Waals surface area (Å²) in [5, 5.41) is 3.36. The number of nitrogens with one attached hydrogen (secondary N) is 1. The first-order valence-electron chi connectivity index (χ1n) is 9.70. The van der Waals surface area contributed by atoms with Gasteiger partial charge in [-0.25, -0.2) is 9.59 Å². The van der Waals surface area contributed by atoms with Gasteiger partial charge < -0.3 is 24.4 Å². The molecule has 7 nitrogen and oxygen atoms in total. The molecular weight excluding hydrogens is 452 g/mol. The summed E-state index contributed by atoms with van der Waals surface area (Å²) < 4.78 is 16.9. The van der Waals surface area contributed by atoms with Crippen LogP contribution in [0.4, 0.5) is 4.79 Å². The van der Waals surface area contributed by atoms with Crippen molar-refractivity contribution in [2.24, 2.45) is 0 Å². The van der Waals surface area contributed by atoms with Gasteiger partial charge >= 0.3 is 12.1 Å². The Balaban J connectivity index is 1.46. The molecule has 1 aliphatic rings. The van der Waals surface area contributed by atoms with Crippen LogP contribution in [0.1, 0.15) is 21.5 Å². The summed E-state index contributed by atoms with van der Waals surface area (Å²) in [5.41, 5.74) is 2.29. The van der Waals surface area contributed by atoms with E-state index in [1.54, 1.807) is 23.1 Å². The predicted octanol–water partition coefficient (Wildman–Crippen LogP) is 3.36. The van der Waals surface area contributed by atoms with Gasteiger partial charge in [0.2, 0.25) is 0 Å². The maximum atomic E-state index is 12.4. The number of carbonyl (C=O) groups excluding carboxylic acids is 2. The molecule has 3 rings (SSSR count). The Hall–Kier alpha value is -2.42. The van der Waals surface area contributed by atoms with E-state index in [1.165, 1.54) is 7.11 Å². The monoisotopic (exact) mass is 476 g/mol. The van der Waals surface area contributed by atoms with Crippen LogP contribution >= 0.6 is 15.9 Å². The van der Waals surface area contributed by atoms with Crippen molar-refractivity contribution in [1.82, 2.24) is 10.2 Å². The van der Waals surface area contributed by atoms with Gasteiger partial charge in [-0.1, -0.05) is 46.3 Å². The van der Waals surface area contributed by atoms with Crippen LogP contribution < -0.4 is 5.32 Å². The first kappa shape index (κ1) is 22.3. The molecule has 1 amide bonds. The fourth-order valence-corrected chi connectivity index (χ4v) is 3.52. The molecule has 0 bridgehead atoms. The Morgan fingerprint density at radius 2 is 1.97 bits per heavy atom. The number of hydrogen-bond donors (Lipinski definition) is 1. The average molecular weight is 477 g/mol. The molecular formula is C22H25BrN2O5. The van der Waals surface area contributed by atoms with E-state index in [9.17, 15) is 9.59 Å². The lowest BCUT2D eigenvalue weighted by Crippen LogP contribution is -2.54. The molecule has 2 aromatic carbocycles. The average Bonchev–Trinajstić information content (AvgIpc) is 2.79. The third-order valence-electron chi connectivity index (χ3n) is 4.76. The van der Waals surface area contributed by atoms with Crippen LogP contribution in [0.15, 0.2) is 53.0 Å². The number of piperazine rings is 1. The minimum atomic E-state index is -0.387. The zero-order valence-electron chi connectivity index (χ0n) is 16.8. The second kappa shape index (κ2) is 11.1. The van der Waals surface area contributed by atoms with E-state index in [0.29, 0.717) is 38.4 Å². The van der Waals surface area contributed by atoms with Gasteiger partial charge in [0.15, 0.2) is 0 Å². The van der Waals surface area contributed by atoms with Crippen molar-refractivity contribution in [3.05, 3.63) is 69.7 Å². The first-order chi connectivity index (χ1) is 14.6. The molecule has 1 N–H and O–H groups in total. The third kappa shape index (κ3) is 6.29. The van der Waals surface area contributed by atoms with Crippen molar-refractivity contribution in [3.8, 4) is 0 Å². The van der Waals surface area contributed by atoms with Gasteiger partial charge in [-0.05, 0) is 29.3 Å². The van der Waals surface area contributed by atoms with Crippen LogP contribution in [-0.4, -0.2) is 56.4 Å². The second-order valence-corrected chi connectivity index (χ2v) is 7.80. The lowest BCUT2D eigenvalue weighted by atomic mass is 10.1. The number of methoxy groups -OCH3 is 1. The van der Waals surface area contributed by atoms with Gasteiger partial charge in [0, 0.05) is 30.1 Å². The highest BCUT2D eigenvalue weighted by Crippen LogP contribution is 2.20. The maximum absolute atomic E-state index is 12.4. The largest absolute Gasteiger partial charge is 0.465 e. The van der Waals surface area contributed by atoms with Crippen molar-refractivity contribution in [2.45, 2.75) is 19.3 Å². The summed E-state index contributed by atoms with van der Waals surface area (Å²) in [4.78, 5) is 25.8. The number of benzene rings is 2. The Labute approximate surface area is 184 Å². The Bertz CT molecular complexity index is 862. The number of amides is 1. The van der Waals surface area contributed by atoms with Crippen molar-refractivity contribution >= 4 is 28.0 Å². The van der Waals surface area contributed by atoms with E-state index >= 15 is 0 Å². The lowest BCUT2D eigenvalue weighted by Gasteiger charge is -2.32. The second-order valence-electron chi connectivity index (χ2n) is 6.95. The topological polar surface area (TPSA) is 77.1 Å². The van der Waals surface area contributed by atoms with Crippen LogP contribution in [0.25, 0.3) is 0 Å². The Kier molecular flexibility index (Phi) is 8.24. The highest BCUT2D eigenvalue weighted by atomic mass is 79.9. The van der Waals surface area contributed by atoms with Crippen molar-refractivity contribution in [2.75, 3.05) is 33.4 Å². The van der Waals surface area contributed by atoms with Crippen molar-refractivity contribution < 1.29 is 23.8 Å². The van der Waals surface area contributed by atoms with E-state index in [-0.39, 0.29) is 24.7 Å². The molecule has 1 unspecified atom stereocenters. The van der Waals surface area contributed by atoms with Gasteiger partial charge in [0.1, 0.15) is 6.61 Å². The minimum Gasteiger partial charge on any atom is -0.465 e. The third-order valence-corrected chi connectivity index (χ3v) is 5.54. The van der Waals surface area contributed by atoms with E-state index in [4.69, 9.17) is 14.2 Å². The maximum Gasteiger partial charge on any atom is 0.410 e. The summed E-state index contributed by atoms with van der Waals surface area (Å²) >= 11 is 3.48. The van der Waals surface area contributed by atoms with Crippen LogP contribution in [0, 0.1) is 0 Å². The summed E-state index contributed by atoms with van der Waals surface area (Å²) in [6.07, 6.45) is -0.320. The molecule has 1 aliphatic heterocycles. The standard InChI is InChI=1S/C22H25BrN2O5/c1-28-21(26)17-7-8-20(23)18(11-17)14-29-15-19-12-25(10-9-24-19)22(27)30-13-16-5-3-2-4-6-16/h2-8,11,19,24H,9-10,12-15H2,1H3. The van der Waals surface area contributed by atoms with Gasteiger partial charge in [0.25, 0.3) is 0 Å². The summed E-state index contributed by atoms with van der Waals surface area (Å²) in [6, 6.07) is 14.9. The van der Waals surface area contributed by atoms with Crippen LogP contribution in [-0.2, 0) is 27.4 Å². The molecule has 1 heterocycles. The van der Waals surface area contributed by atoms with Gasteiger partial charge in [-0.3, -0.25) is 0 Å². The number of rotatable bonds is 7. The molecule has 30 heavy (non-hydrogen) atoms. The molecule has 0 spiro atoms. The van der Waals surface area contributed by atoms with E-state index < -0.39 is 0 Å². The van der Waals surface area contributed by atoms with Crippen molar-refractivity contribution in [1.29, 1.82) is 0 Å². The Morgan fingerprint density at radius 1 is 1.17 bits per heavy atom. The minimum absolute atomic E-state index is 0.00518. The van der Waals surface area contributed by atoms with Gasteiger partial charge in [-0.15, -0.1) is 0 Å². The molecule has 8 heteroatoms.